The first-order valence-corrected chi connectivity index (χ1v) is 10.6. The van der Waals surface area contributed by atoms with E-state index in [0.717, 1.165) is 18.4 Å². The van der Waals surface area contributed by atoms with Gasteiger partial charge in [-0.1, -0.05) is 36.4 Å². The molecule has 1 amide bonds. The normalized spacial score (nSPS) is 19.9. The number of rotatable bonds is 5. The lowest BCUT2D eigenvalue weighted by Crippen LogP contribution is -2.30. The molecule has 1 aliphatic heterocycles. The smallest absolute Gasteiger partial charge is 0.251 e. The summed E-state index contributed by atoms with van der Waals surface area (Å²) in [5.74, 6) is 0.481. The molecule has 1 N–H and O–H groups in total. The Morgan fingerprint density at radius 1 is 1.08 bits per heavy atom. The van der Waals surface area contributed by atoms with Crippen molar-refractivity contribution in [2.75, 3.05) is 16.6 Å². The maximum atomic E-state index is 12.8. The van der Waals surface area contributed by atoms with Crippen molar-refractivity contribution in [1.29, 1.82) is 0 Å². The van der Waals surface area contributed by atoms with Crippen LogP contribution in [0, 0.1) is 5.92 Å². The minimum atomic E-state index is -3.25. The molecule has 1 aliphatic carbocycles. The molecule has 0 spiro atoms. The topological polar surface area (TPSA) is 66.5 Å². The molecule has 0 aromatic heterocycles. The van der Waals surface area contributed by atoms with Gasteiger partial charge in [-0.05, 0) is 48.9 Å². The van der Waals surface area contributed by atoms with E-state index in [0.29, 0.717) is 30.1 Å². The summed E-state index contributed by atoms with van der Waals surface area (Å²) in [5, 5.41) is 3.14. The number of sulfonamides is 1. The fourth-order valence-corrected chi connectivity index (χ4v) is 5.08. The molecular formula is C20H22N2O3S. The summed E-state index contributed by atoms with van der Waals surface area (Å²) in [6, 6.07) is 16.9. The zero-order valence-electron chi connectivity index (χ0n) is 14.5. The third kappa shape index (κ3) is 3.46. The predicted molar refractivity (Wildman–Crippen MR) is 102 cm³/mol. The minimum Gasteiger partial charge on any atom is -0.345 e. The van der Waals surface area contributed by atoms with Crippen molar-refractivity contribution in [3.8, 4) is 0 Å². The fourth-order valence-electron chi connectivity index (χ4n) is 3.52. The van der Waals surface area contributed by atoms with Crippen LogP contribution in [-0.2, 0) is 10.0 Å². The molecule has 1 heterocycles. The molecule has 26 heavy (non-hydrogen) atoms. The largest absolute Gasteiger partial charge is 0.345 e. The highest BCUT2D eigenvalue weighted by atomic mass is 32.2. The van der Waals surface area contributed by atoms with E-state index < -0.39 is 10.0 Å². The van der Waals surface area contributed by atoms with Gasteiger partial charge in [0.2, 0.25) is 10.0 Å². The van der Waals surface area contributed by atoms with Crippen molar-refractivity contribution in [2.45, 2.75) is 25.3 Å². The number of nitrogens with one attached hydrogen (secondary N) is 1. The quantitative estimate of drug-likeness (QED) is 0.879. The monoisotopic (exact) mass is 370 g/mol. The summed E-state index contributed by atoms with van der Waals surface area (Å²) < 4.78 is 25.7. The Balaban J connectivity index is 1.56. The van der Waals surface area contributed by atoms with Crippen molar-refractivity contribution in [2.24, 2.45) is 5.92 Å². The number of carbonyl (C=O) groups is 1. The van der Waals surface area contributed by atoms with Gasteiger partial charge in [0.05, 0.1) is 17.5 Å². The van der Waals surface area contributed by atoms with Crippen LogP contribution < -0.4 is 9.62 Å². The summed E-state index contributed by atoms with van der Waals surface area (Å²) in [7, 11) is -3.25. The number of anilines is 1. The van der Waals surface area contributed by atoms with Crippen LogP contribution in [0.5, 0.6) is 0 Å². The summed E-state index contributed by atoms with van der Waals surface area (Å²) in [6.45, 7) is 0.474. The third-order valence-electron chi connectivity index (χ3n) is 5.03. The van der Waals surface area contributed by atoms with Crippen LogP contribution in [0.15, 0.2) is 54.6 Å². The maximum Gasteiger partial charge on any atom is 0.251 e. The molecule has 136 valence electrons. The average molecular weight is 370 g/mol. The summed E-state index contributed by atoms with van der Waals surface area (Å²) in [6.07, 6.45) is 2.86. The van der Waals surface area contributed by atoms with Gasteiger partial charge in [-0.2, -0.15) is 0 Å². The van der Waals surface area contributed by atoms with Crippen LogP contribution in [0.25, 0.3) is 0 Å². The fraction of sp³-hybridized carbons (Fsp3) is 0.350. The van der Waals surface area contributed by atoms with Crippen LogP contribution in [0.2, 0.25) is 0 Å². The predicted octanol–water partition coefficient (Wildman–Crippen LogP) is 3.11. The zero-order valence-corrected chi connectivity index (χ0v) is 15.3. The first-order valence-electron chi connectivity index (χ1n) is 9.01. The van der Waals surface area contributed by atoms with Gasteiger partial charge in [0.25, 0.3) is 5.91 Å². The van der Waals surface area contributed by atoms with Gasteiger partial charge in [-0.3, -0.25) is 9.10 Å². The van der Waals surface area contributed by atoms with E-state index >= 15 is 0 Å². The minimum absolute atomic E-state index is 0.00266. The molecule has 1 saturated carbocycles. The van der Waals surface area contributed by atoms with E-state index in [1.165, 1.54) is 4.31 Å². The van der Waals surface area contributed by atoms with Gasteiger partial charge >= 0.3 is 0 Å². The van der Waals surface area contributed by atoms with Crippen molar-refractivity contribution in [1.82, 2.24) is 5.32 Å². The third-order valence-corrected chi connectivity index (χ3v) is 6.90. The first-order chi connectivity index (χ1) is 12.5. The lowest BCUT2D eigenvalue weighted by molar-refractivity contribution is 0.0931. The van der Waals surface area contributed by atoms with Crippen LogP contribution in [-0.4, -0.2) is 26.6 Å². The molecule has 2 aromatic rings. The van der Waals surface area contributed by atoms with Crippen LogP contribution in [0.1, 0.15) is 41.2 Å². The average Bonchev–Trinajstić information content (AvgIpc) is 3.43. The van der Waals surface area contributed by atoms with Gasteiger partial charge in [0.15, 0.2) is 0 Å². The maximum absolute atomic E-state index is 12.8. The van der Waals surface area contributed by atoms with Gasteiger partial charge < -0.3 is 5.32 Å². The van der Waals surface area contributed by atoms with Crippen molar-refractivity contribution in [3.05, 3.63) is 65.7 Å². The van der Waals surface area contributed by atoms with E-state index in [1.807, 2.05) is 30.3 Å². The lowest BCUT2D eigenvalue weighted by Gasteiger charge is -2.20. The van der Waals surface area contributed by atoms with Crippen LogP contribution in [0.4, 0.5) is 5.69 Å². The number of nitrogens with zero attached hydrogens (tertiary/aromatic N) is 1. The summed E-state index contributed by atoms with van der Waals surface area (Å²) in [5.41, 5.74) is 2.17. The lowest BCUT2D eigenvalue weighted by atomic mass is 10.0. The van der Waals surface area contributed by atoms with Crippen LogP contribution >= 0.6 is 0 Å². The highest BCUT2D eigenvalue weighted by molar-refractivity contribution is 7.93. The van der Waals surface area contributed by atoms with Gasteiger partial charge in [0, 0.05) is 12.1 Å². The zero-order chi connectivity index (χ0) is 18.1. The molecule has 5 nitrogen and oxygen atoms in total. The van der Waals surface area contributed by atoms with Gasteiger partial charge in [0.1, 0.15) is 0 Å². The molecule has 4 rings (SSSR count). The molecule has 1 saturated heterocycles. The van der Waals surface area contributed by atoms with Gasteiger partial charge in [-0.15, -0.1) is 0 Å². The van der Waals surface area contributed by atoms with E-state index in [9.17, 15) is 13.2 Å². The van der Waals surface area contributed by atoms with E-state index in [-0.39, 0.29) is 17.7 Å². The number of benzene rings is 2. The highest BCUT2D eigenvalue weighted by Gasteiger charge is 2.34. The Bertz CT molecular complexity index is 908. The molecule has 0 bridgehead atoms. The van der Waals surface area contributed by atoms with Crippen molar-refractivity contribution in [3.63, 3.8) is 0 Å². The SMILES string of the molecule is O=C(NC(c1ccccc1)C1CC1)c1cccc(N2CCCS2(=O)=O)c1. The molecular weight excluding hydrogens is 348 g/mol. The number of hydrogen-bond acceptors (Lipinski definition) is 3. The highest BCUT2D eigenvalue weighted by Crippen LogP contribution is 2.41. The Morgan fingerprint density at radius 2 is 1.85 bits per heavy atom. The molecule has 6 heteroatoms. The van der Waals surface area contributed by atoms with Crippen LogP contribution in [0.3, 0.4) is 0 Å². The standard InChI is InChI=1S/C20H22N2O3S/c23-20(21-19(16-10-11-16)15-6-2-1-3-7-15)17-8-4-9-18(14-17)22-12-5-13-26(22,24)25/h1-4,6-9,14,16,19H,5,10-13H2,(H,21,23). The first kappa shape index (κ1) is 17.1. The summed E-state index contributed by atoms with van der Waals surface area (Å²) >= 11 is 0. The number of carbonyl (C=O) groups excluding carboxylic acids is 1. The number of amides is 1. The van der Waals surface area contributed by atoms with E-state index in [4.69, 9.17) is 0 Å². The molecule has 2 fully saturated rings. The van der Waals surface area contributed by atoms with E-state index in [2.05, 4.69) is 5.32 Å². The Kier molecular flexibility index (Phi) is 4.44. The molecule has 2 aromatic carbocycles. The Labute approximate surface area is 154 Å². The Hall–Kier alpha value is -2.34. The number of hydrogen-bond donors (Lipinski definition) is 1. The van der Waals surface area contributed by atoms with Crippen molar-refractivity contribution >= 4 is 21.6 Å². The molecule has 1 atom stereocenters. The second kappa shape index (κ2) is 6.76. The second-order valence-corrected chi connectivity index (χ2v) is 9.00. The molecule has 1 unspecified atom stereocenters. The van der Waals surface area contributed by atoms with E-state index in [1.54, 1.807) is 24.3 Å². The van der Waals surface area contributed by atoms with Crippen molar-refractivity contribution < 1.29 is 13.2 Å². The van der Waals surface area contributed by atoms with Gasteiger partial charge in [-0.25, -0.2) is 8.42 Å². The molecule has 0 radical (unpaired) electrons. The second-order valence-electron chi connectivity index (χ2n) is 6.99. The molecule has 2 aliphatic rings. The Morgan fingerprint density at radius 3 is 2.50 bits per heavy atom. The summed E-state index contributed by atoms with van der Waals surface area (Å²) in [4.78, 5) is 12.8.